The quantitative estimate of drug-likeness (QED) is 0.555. The minimum atomic E-state index is -0.533. The summed E-state index contributed by atoms with van der Waals surface area (Å²) in [5.74, 6) is -0.304. The number of H-pyrrole nitrogens is 1. The molecule has 0 spiro atoms. The third-order valence-electron chi connectivity index (χ3n) is 3.50. The lowest BCUT2D eigenvalue weighted by Crippen LogP contribution is -2.14. The summed E-state index contributed by atoms with van der Waals surface area (Å²) >= 11 is 3.36. The Hall–Kier alpha value is -2.28. The van der Waals surface area contributed by atoms with Crippen LogP contribution in [0.5, 0.6) is 5.75 Å². The normalized spacial score (nSPS) is 10.4. The van der Waals surface area contributed by atoms with Crippen molar-refractivity contribution >= 4 is 27.9 Å². The first-order valence-corrected chi connectivity index (χ1v) is 8.65. The van der Waals surface area contributed by atoms with Gasteiger partial charge in [0, 0.05) is 10.2 Å². The molecule has 0 atom stereocenters. The summed E-state index contributed by atoms with van der Waals surface area (Å²) in [6, 6.07) is 7.39. The standard InChI is InChI=1S/C18H20BrNO5/c1-4-23-17(21)15-11(2)16(20-12(15)3)18(22)25-9-8-24-14-7-5-6-13(19)10-14/h5-7,10,20H,4,8-9H2,1-3H3. The first-order valence-electron chi connectivity index (χ1n) is 7.85. The third-order valence-corrected chi connectivity index (χ3v) is 4.00. The van der Waals surface area contributed by atoms with Crippen LogP contribution in [0.4, 0.5) is 0 Å². The largest absolute Gasteiger partial charge is 0.490 e. The molecular formula is C18H20BrNO5. The fraction of sp³-hybridized carbons (Fsp3) is 0.333. The Balaban J connectivity index is 1.93. The second kappa shape index (κ2) is 8.71. The summed E-state index contributed by atoms with van der Waals surface area (Å²) in [6.07, 6.45) is 0. The summed E-state index contributed by atoms with van der Waals surface area (Å²) in [6.45, 7) is 5.73. The van der Waals surface area contributed by atoms with Crippen LogP contribution >= 0.6 is 15.9 Å². The van der Waals surface area contributed by atoms with Crippen LogP contribution in [-0.2, 0) is 9.47 Å². The zero-order chi connectivity index (χ0) is 18.4. The van der Waals surface area contributed by atoms with Crippen molar-refractivity contribution in [2.24, 2.45) is 0 Å². The van der Waals surface area contributed by atoms with Crippen LogP contribution in [0.2, 0.25) is 0 Å². The molecular weight excluding hydrogens is 390 g/mol. The maximum atomic E-state index is 12.2. The third kappa shape index (κ3) is 4.85. The van der Waals surface area contributed by atoms with E-state index in [1.807, 2.05) is 24.3 Å². The molecule has 1 aromatic carbocycles. The number of benzene rings is 1. The lowest BCUT2D eigenvalue weighted by Gasteiger charge is -2.07. The van der Waals surface area contributed by atoms with Gasteiger partial charge in [0.1, 0.15) is 24.7 Å². The van der Waals surface area contributed by atoms with Crippen molar-refractivity contribution in [1.82, 2.24) is 4.98 Å². The van der Waals surface area contributed by atoms with Crippen molar-refractivity contribution in [2.75, 3.05) is 19.8 Å². The minimum Gasteiger partial charge on any atom is -0.490 e. The van der Waals surface area contributed by atoms with E-state index in [9.17, 15) is 9.59 Å². The van der Waals surface area contributed by atoms with E-state index in [1.54, 1.807) is 20.8 Å². The first-order chi connectivity index (χ1) is 11.9. The topological polar surface area (TPSA) is 77.6 Å². The molecule has 1 aromatic heterocycles. The molecule has 0 unspecified atom stereocenters. The van der Waals surface area contributed by atoms with Gasteiger partial charge in [-0.3, -0.25) is 0 Å². The van der Waals surface area contributed by atoms with E-state index >= 15 is 0 Å². The van der Waals surface area contributed by atoms with Crippen LogP contribution in [0.1, 0.15) is 39.0 Å². The highest BCUT2D eigenvalue weighted by molar-refractivity contribution is 9.10. The second-order valence-electron chi connectivity index (χ2n) is 5.29. The summed E-state index contributed by atoms with van der Waals surface area (Å²) in [5.41, 5.74) is 1.73. The molecule has 0 radical (unpaired) electrons. The summed E-state index contributed by atoms with van der Waals surface area (Å²) in [7, 11) is 0. The molecule has 134 valence electrons. The number of ether oxygens (including phenoxy) is 3. The molecule has 0 aliphatic heterocycles. The van der Waals surface area contributed by atoms with Crippen molar-refractivity contribution in [2.45, 2.75) is 20.8 Å². The molecule has 6 nitrogen and oxygen atoms in total. The van der Waals surface area contributed by atoms with Crippen LogP contribution in [0.15, 0.2) is 28.7 Å². The minimum absolute atomic E-state index is 0.0948. The Morgan fingerprint density at radius 1 is 1.12 bits per heavy atom. The maximum absolute atomic E-state index is 12.2. The lowest BCUT2D eigenvalue weighted by molar-refractivity contribution is 0.0443. The number of carbonyl (C=O) groups excluding carboxylic acids is 2. The molecule has 0 saturated heterocycles. The Labute approximate surface area is 154 Å². The molecule has 0 aliphatic rings. The average molecular weight is 410 g/mol. The van der Waals surface area contributed by atoms with Crippen molar-refractivity contribution in [3.63, 3.8) is 0 Å². The van der Waals surface area contributed by atoms with Gasteiger partial charge in [-0.05, 0) is 44.5 Å². The van der Waals surface area contributed by atoms with E-state index in [-0.39, 0.29) is 25.5 Å². The molecule has 7 heteroatoms. The highest BCUT2D eigenvalue weighted by Crippen LogP contribution is 2.20. The Morgan fingerprint density at radius 3 is 2.56 bits per heavy atom. The van der Waals surface area contributed by atoms with Crippen LogP contribution in [0.25, 0.3) is 0 Å². The number of aromatic amines is 1. The van der Waals surface area contributed by atoms with Crippen molar-refractivity contribution in [3.05, 3.63) is 51.3 Å². The van der Waals surface area contributed by atoms with Gasteiger partial charge in [-0.1, -0.05) is 22.0 Å². The van der Waals surface area contributed by atoms with E-state index in [0.29, 0.717) is 22.6 Å². The summed E-state index contributed by atoms with van der Waals surface area (Å²) in [5, 5.41) is 0. The number of halogens is 1. The first kappa shape index (κ1) is 19.1. The van der Waals surface area contributed by atoms with Gasteiger partial charge in [-0.2, -0.15) is 0 Å². The van der Waals surface area contributed by atoms with Gasteiger partial charge in [-0.25, -0.2) is 9.59 Å². The van der Waals surface area contributed by atoms with Crippen LogP contribution in [-0.4, -0.2) is 36.7 Å². The number of hydrogen-bond acceptors (Lipinski definition) is 5. The zero-order valence-electron chi connectivity index (χ0n) is 14.3. The van der Waals surface area contributed by atoms with Gasteiger partial charge in [0.2, 0.25) is 0 Å². The number of esters is 2. The molecule has 0 fully saturated rings. The van der Waals surface area contributed by atoms with E-state index in [0.717, 1.165) is 4.47 Å². The predicted octanol–water partition coefficient (Wildman–Crippen LogP) is 3.81. The van der Waals surface area contributed by atoms with Gasteiger partial charge < -0.3 is 19.2 Å². The molecule has 2 rings (SSSR count). The van der Waals surface area contributed by atoms with Crippen molar-refractivity contribution in [1.29, 1.82) is 0 Å². The van der Waals surface area contributed by atoms with Gasteiger partial charge in [-0.15, -0.1) is 0 Å². The number of aromatic nitrogens is 1. The summed E-state index contributed by atoms with van der Waals surface area (Å²) in [4.78, 5) is 27.1. The van der Waals surface area contributed by atoms with Crippen LogP contribution in [0, 0.1) is 13.8 Å². The molecule has 1 heterocycles. The highest BCUT2D eigenvalue weighted by atomic mass is 79.9. The molecule has 1 N–H and O–H groups in total. The number of hydrogen-bond donors (Lipinski definition) is 1. The zero-order valence-corrected chi connectivity index (χ0v) is 15.9. The van der Waals surface area contributed by atoms with Crippen molar-refractivity contribution < 1.29 is 23.8 Å². The molecule has 2 aromatic rings. The van der Waals surface area contributed by atoms with Gasteiger partial charge >= 0.3 is 11.9 Å². The highest BCUT2D eigenvalue weighted by Gasteiger charge is 2.23. The molecule has 25 heavy (non-hydrogen) atoms. The van der Waals surface area contributed by atoms with Crippen molar-refractivity contribution in [3.8, 4) is 5.75 Å². The van der Waals surface area contributed by atoms with E-state index in [4.69, 9.17) is 14.2 Å². The Kier molecular flexibility index (Phi) is 6.64. The van der Waals surface area contributed by atoms with E-state index in [1.165, 1.54) is 0 Å². The Bertz CT molecular complexity index is 769. The SMILES string of the molecule is CCOC(=O)c1c(C)[nH]c(C(=O)OCCOc2cccc(Br)c2)c1C. The molecule has 0 amide bonds. The number of nitrogens with one attached hydrogen (secondary N) is 1. The van der Waals surface area contributed by atoms with Crippen LogP contribution < -0.4 is 4.74 Å². The summed E-state index contributed by atoms with van der Waals surface area (Å²) < 4.78 is 16.6. The monoisotopic (exact) mass is 409 g/mol. The maximum Gasteiger partial charge on any atom is 0.355 e. The lowest BCUT2D eigenvalue weighted by atomic mass is 10.1. The number of aryl methyl sites for hydroxylation is 1. The van der Waals surface area contributed by atoms with Crippen LogP contribution in [0.3, 0.4) is 0 Å². The smallest absolute Gasteiger partial charge is 0.355 e. The van der Waals surface area contributed by atoms with Gasteiger partial charge in [0.05, 0.1) is 12.2 Å². The fourth-order valence-electron chi connectivity index (χ4n) is 2.39. The number of rotatable bonds is 7. The Morgan fingerprint density at radius 2 is 1.88 bits per heavy atom. The molecule has 0 bridgehead atoms. The van der Waals surface area contributed by atoms with Gasteiger partial charge in [0.15, 0.2) is 0 Å². The average Bonchev–Trinajstić information content (AvgIpc) is 2.86. The second-order valence-corrected chi connectivity index (χ2v) is 6.20. The van der Waals surface area contributed by atoms with Gasteiger partial charge in [0.25, 0.3) is 0 Å². The molecule has 0 saturated carbocycles. The number of carbonyl (C=O) groups is 2. The predicted molar refractivity (Wildman–Crippen MR) is 96.1 cm³/mol. The molecule has 0 aliphatic carbocycles. The van der Waals surface area contributed by atoms with E-state index in [2.05, 4.69) is 20.9 Å². The fourth-order valence-corrected chi connectivity index (χ4v) is 2.76. The van der Waals surface area contributed by atoms with E-state index < -0.39 is 11.9 Å².